The third-order valence-electron chi connectivity index (χ3n) is 3.17. The molecule has 0 saturated carbocycles. The molecular weight excluding hydrogens is 257 g/mol. The smallest absolute Gasteiger partial charge is 0.290 e. The monoisotopic (exact) mass is 274 g/mol. The van der Waals surface area contributed by atoms with Crippen molar-refractivity contribution in [2.45, 2.75) is 32.1 Å². The number of hydrogen-bond donors (Lipinski definition) is 0. The van der Waals surface area contributed by atoms with Crippen molar-refractivity contribution >= 4 is 10.0 Å². The number of sulfonamides is 1. The summed E-state index contributed by atoms with van der Waals surface area (Å²) in [5.41, 5.74) is 0. The maximum absolute atomic E-state index is 12.8. The zero-order chi connectivity index (χ0) is 13.4. The van der Waals surface area contributed by atoms with Crippen molar-refractivity contribution in [3.05, 3.63) is 0 Å². The van der Waals surface area contributed by atoms with Crippen LogP contribution in [0.4, 0.5) is 13.2 Å². The molecule has 2 atom stereocenters. The Hall–Kier alpha value is -0.340. The van der Waals surface area contributed by atoms with Gasteiger partial charge in [0.05, 0.1) is 5.75 Å². The molecule has 4 nitrogen and oxygen atoms in total. The summed E-state index contributed by atoms with van der Waals surface area (Å²) in [7, 11) is -2.19. The number of hydrogen-bond acceptors (Lipinski definition) is 3. The van der Waals surface area contributed by atoms with Crippen molar-refractivity contribution in [3.8, 4) is 0 Å². The number of nitrogens with zero attached hydrogens (tertiary/aromatic N) is 2. The molecule has 1 rings (SSSR count). The van der Waals surface area contributed by atoms with E-state index in [2.05, 4.69) is 0 Å². The van der Waals surface area contributed by atoms with Crippen LogP contribution in [0, 0.1) is 0 Å². The fraction of sp³-hybridized carbons (Fsp3) is 1.00. The van der Waals surface area contributed by atoms with Crippen molar-refractivity contribution in [2.75, 3.05) is 25.9 Å². The van der Waals surface area contributed by atoms with Crippen molar-refractivity contribution < 1.29 is 21.6 Å². The van der Waals surface area contributed by atoms with Crippen LogP contribution in [0.1, 0.15) is 13.8 Å². The molecule has 1 aliphatic heterocycles. The van der Waals surface area contributed by atoms with Crippen LogP contribution in [0.3, 0.4) is 0 Å². The predicted molar refractivity (Wildman–Crippen MR) is 58.1 cm³/mol. The first-order valence-electron chi connectivity index (χ1n) is 5.36. The van der Waals surface area contributed by atoms with Gasteiger partial charge in [0.15, 0.2) is 0 Å². The zero-order valence-electron chi connectivity index (χ0n) is 10.0. The Labute approximate surface area is 99.4 Å². The van der Waals surface area contributed by atoms with E-state index in [0.717, 1.165) is 4.31 Å². The van der Waals surface area contributed by atoms with Crippen molar-refractivity contribution in [1.82, 2.24) is 9.21 Å². The van der Waals surface area contributed by atoms with E-state index >= 15 is 0 Å². The maximum atomic E-state index is 12.8. The van der Waals surface area contributed by atoms with Crippen LogP contribution >= 0.6 is 0 Å². The molecule has 0 aromatic rings. The van der Waals surface area contributed by atoms with Gasteiger partial charge in [-0.1, -0.05) is 0 Å². The topological polar surface area (TPSA) is 40.6 Å². The lowest BCUT2D eigenvalue weighted by molar-refractivity contribution is -0.194. The number of likely N-dealkylation sites (N-methyl/N-ethyl adjacent to an activating group) is 1. The molecule has 8 heteroatoms. The fourth-order valence-corrected chi connectivity index (χ4v) is 3.05. The first-order chi connectivity index (χ1) is 7.59. The van der Waals surface area contributed by atoms with E-state index in [1.165, 1.54) is 18.9 Å². The van der Waals surface area contributed by atoms with Gasteiger partial charge in [0, 0.05) is 19.1 Å². The molecule has 0 aliphatic carbocycles. The van der Waals surface area contributed by atoms with Gasteiger partial charge >= 0.3 is 6.18 Å². The molecule has 1 aliphatic rings. The summed E-state index contributed by atoms with van der Waals surface area (Å²) in [6, 6.07) is -2.18. The Morgan fingerprint density at radius 3 is 2.24 bits per heavy atom. The van der Waals surface area contributed by atoms with Gasteiger partial charge in [0.25, 0.3) is 0 Å². The van der Waals surface area contributed by atoms with Crippen LogP contribution in [0.5, 0.6) is 0 Å². The number of halogens is 3. The minimum absolute atomic E-state index is 0.110. The minimum Gasteiger partial charge on any atom is -0.290 e. The van der Waals surface area contributed by atoms with Crippen molar-refractivity contribution in [2.24, 2.45) is 0 Å². The highest BCUT2D eigenvalue weighted by molar-refractivity contribution is 7.89. The normalized spacial score (nSPS) is 29.5. The van der Waals surface area contributed by atoms with E-state index in [1.807, 2.05) is 0 Å². The summed E-state index contributed by atoms with van der Waals surface area (Å²) < 4.78 is 62.5. The van der Waals surface area contributed by atoms with Gasteiger partial charge in [-0.25, -0.2) is 8.42 Å². The van der Waals surface area contributed by atoms with Crippen molar-refractivity contribution in [1.29, 1.82) is 0 Å². The molecule has 17 heavy (non-hydrogen) atoms. The lowest BCUT2D eigenvalue weighted by atomic mass is 10.1. The largest absolute Gasteiger partial charge is 0.405 e. The van der Waals surface area contributed by atoms with Gasteiger partial charge in [-0.3, -0.25) is 4.90 Å². The standard InChI is InChI=1S/C9H17F3N2O2S/c1-4-17(15,16)14-5-7(2)13(3)8(6-14)9(10,11)12/h7-8H,4-6H2,1-3H3. The van der Waals surface area contributed by atoms with E-state index in [0.29, 0.717) is 0 Å². The van der Waals surface area contributed by atoms with Gasteiger partial charge in [0.2, 0.25) is 10.0 Å². The molecule has 2 unspecified atom stereocenters. The predicted octanol–water partition coefficient (Wildman–Crippen LogP) is 0.903. The molecule has 102 valence electrons. The maximum Gasteiger partial charge on any atom is 0.405 e. The summed E-state index contributed by atoms with van der Waals surface area (Å²) >= 11 is 0. The quantitative estimate of drug-likeness (QED) is 0.751. The molecule has 0 aromatic carbocycles. The molecular formula is C9H17F3N2O2S. The van der Waals surface area contributed by atoms with Crippen LogP contribution < -0.4 is 0 Å². The van der Waals surface area contributed by atoms with Gasteiger partial charge < -0.3 is 0 Å². The second-order valence-corrected chi connectivity index (χ2v) is 6.55. The highest BCUT2D eigenvalue weighted by Crippen LogP contribution is 2.30. The van der Waals surface area contributed by atoms with E-state index in [9.17, 15) is 21.6 Å². The molecule has 0 aromatic heterocycles. The van der Waals surface area contributed by atoms with Crippen LogP contribution in [0.25, 0.3) is 0 Å². The van der Waals surface area contributed by atoms with Gasteiger partial charge in [0.1, 0.15) is 6.04 Å². The Balaban J connectivity index is 2.96. The third-order valence-corrected chi connectivity index (χ3v) is 4.98. The number of piperazine rings is 1. The Morgan fingerprint density at radius 1 is 1.29 bits per heavy atom. The highest BCUT2D eigenvalue weighted by atomic mass is 32.2. The summed E-state index contributed by atoms with van der Waals surface area (Å²) in [5.74, 6) is -0.173. The van der Waals surface area contributed by atoms with Crippen LogP contribution in [0.2, 0.25) is 0 Å². The van der Waals surface area contributed by atoms with E-state index < -0.39 is 34.8 Å². The molecule has 0 spiro atoms. The van der Waals surface area contributed by atoms with Crippen LogP contribution in [-0.4, -0.2) is 61.8 Å². The molecule has 1 heterocycles. The van der Waals surface area contributed by atoms with E-state index in [-0.39, 0.29) is 12.3 Å². The Kier molecular flexibility index (Phi) is 4.10. The summed E-state index contributed by atoms with van der Waals surface area (Å²) in [5, 5.41) is 0. The highest BCUT2D eigenvalue weighted by Gasteiger charge is 2.48. The molecule has 0 radical (unpaired) electrons. The van der Waals surface area contributed by atoms with Gasteiger partial charge in [-0.15, -0.1) is 0 Å². The second-order valence-electron chi connectivity index (χ2n) is 4.29. The number of rotatable bonds is 2. The first-order valence-corrected chi connectivity index (χ1v) is 6.97. The fourth-order valence-electron chi connectivity index (χ4n) is 1.87. The SMILES string of the molecule is CCS(=O)(=O)N1CC(C)N(C)C(C(F)(F)F)C1. The summed E-state index contributed by atoms with van der Waals surface area (Å²) in [6.07, 6.45) is -4.41. The average molecular weight is 274 g/mol. The lowest BCUT2D eigenvalue weighted by Gasteiger charge is -2.43. The van der Waals surface area contributed by atoms with Crippen molar-refractivity contribution in [3.63, 3.8) is 0 Å². The van der Waals surface area contributed by atoms with Gasteiger partial charge in [-0.2, -0.15) is 17.5 Å². The lowest BCUT2D eigenvalue weighted by Crippen LogP contribution is -2.62. The van der Waals surface area contributed by atoms with Crippen LogP contribution in [0.15, 0.2) is 0 Å². The average Bonchev–Trinajstić information content (AvgIpc) is 2.19. The van der Waals surface area contributed by atoms with E-state index in [1.54, 1.807) is 6.92 Å². The number of alkyl halides is 3. The molecule has 1 fully saturated rings. The first kappa shape index (κ1) is 14.7. The molecule has 0 N–H and O–H groups in total. The molecule has 0 bridgehead atoms. The molecule has 1 saturated heterocycles. The molecule has 0 amide bonds. The van der Waals surface area contributed by atoms with Crippen LogP contribution in [-0.2, 0) is 10.0 Å². The summed E-state index contributed by atoms with van der Waals surface area (Å²) in [6.45, 7) is 2.62. The Morgan fingerprint density at radius 2 is 1.82 bits per heavy atom. The third kappa shape index (κ3) is 3.11. The minimum atomic E-state index is -4.41. The Bertz CT molecular complexity index is 369. The second kappa shape index (κ2) is 4.74. The zero-order valence-corrected chi connectivity index (χ0v) is 10.8. The van der Waals surface area contributed by atoms with Gasteiger partial charge in [-0.05, 0) is 20.9 Å². The summed E-state index contributed by atoms with van der Waals surface area (Å²) in [4.78, 5) is 1.18. The van der Waals surface area contributed by atoms with E-state index in [4.69, 9.17) is 0 Å².